The highest BCUT2D eigenvalue weighted by Crippen LogP contribution is 2.44. The van der Waals surface area contributed by atoms with Crippen molar-refractivity contribution in [3.05, 3.63) is 87.4 Å². The smallest absolute Gasteiger partial charge is 0.300 e. The van der Waals surface area contributed by atoms with Crippen LogP contribution in [0.3, 0.4) is 0 Å². The van der Waals surface area contributed by atoms with E-state index in [4.69, 9.17) is 37.4 Å². The Kier molecular flexibility index (Phi) is 8.19. The first-order valence-electron chi connectivity index (χ1n) is 11.9. The molecule has 1 atom stereocenters. The van der Waals surface area contributed by atoms with Crippen molar-refractivity contribution < 1.29 is 28.9 Å². The van der Waals surface area contributed by atoms with Crippen LogP contribution in [0.5, 0.6) is 17.2 Å². The fourth-order valence-electron chi connectivity index (χ4n) is 4.21. The van der Waals surface area contributed by atoms with Gasteiger partial charge >= 0.3 is 0 Å². The normalized spacial score (nSPS) is 16.7. The molecule has 9 heteroatoms. The molecule has 0 radical (unpaired) electrons. The van der Waals surface area contributed by atoms with Crippen LogP contribution >= 0.6 is 23.2 Å². The lowest BCUT2D eigenvalue weighted by molar-refractivity contribution is -0.132. The van der Waals surface area contributed by atoms with Crippen LogP contribution in [0, 0.1) is 5.92 Å². The first-order chi connectivity index (χ1) is 18.2. The molecule has 3 aromatic carbocycles. The summed E-state index contributed by atoms with van der Waals surface area (Å²) in [7, 11) is 2.96. The van der Waals surface area contributed by atoms with Crippen molar-refractivity contribution in [2.75, 3.05) is 25.7 Å². The first kappa shape index (κ1) is 27.4. The standard InChI is InChI=1S/C29H27Cl2NO6/c1-16(2)15-38-21-11-7-19(8-12-21)32-25(17-5-9-20(36-3)10-6-17)24(27(34)29(32)35)26(33)18-13-22(30)28(37-4)23(31)14-18/h5-14,16,25,33H,15H2,1-4H3/b26-24+. The molecule has 0 bridgehead atoms. The van der Waals surface area contributed by atoms with Crippen LogP contribution in [0.25, 0.3) is 5.76 Å². The molecule has 0 aliphatic carbocycles. The summed E-state index contributed by atoms with van der Waals surface area (Å²) in [5, 5.41) is 11.7. The molecule has 0 aromatic heterocycles. The molecule has 0 spiro atoms. The Balaban J connectivity index is 1.85. The highest BCUT2D eigenvalue weighted by atomic mass is 35.5. The summed E-state index contributed by atoms with van der Waals surface area (Å²) in [5.74, 6) is -0.205. The Bertz CT molecular complexity index is 1360. The average molecular weight is 556 g/mol. The van der Waals surface area contributed by atoms with Crippen LogP contribution in [-0.4, -0.2) is 37.6 Å². The molecule has 1 unspecified atom stereocenters. The van der Waals surface area contributed by atoms with Gasteiger partial charge in [0.05, 0.1) is 42.5 Å². The number of halogens is 2. The van der Waals surface area contributed by atoms with Gasteiger partial charge in [-0.25, -0.2) is 0 Å². The van der Waals surface area contributed by atoms with Crippen molar-refractivity contribution in [1.29, 1.82) is 0 Å². The van der Waals surface area contributed by atoms with Crippen molar-refractivity contribution in [3.8, 4) is 17.2 Å². The van der Waals surface area contributed by atoms with Gasteiger partial charge in [-0.3, -0.25) is 14.5 Å². The van der Waals surface area contributed by atoms with Gasteiger partial charge in [-0.1, -0.05) is 49.2 Å². The van der Waals surface area contributed by atoms with Crippen molar-refractivity contribution >= 4 is 46.3 Å². The molecule has 1 saturated heterocycles. The third kappa shape index (κ3) is 5.30. The molecule has 1 aliphatic heterocycles. The van der Waals surface area contributed by atoms with E-state index in [1.807, 2.05) is 13.8 Å². The minimum Gasteiger partial charge on any atom is -0.507 e. The van der Waals surface area contributed by atoms with Gasteiger partial charge in [0.25, 0.3) is 11.7 Å². The number of rotatable bonds is 8. The van der Waals surface area contributed by atoms with E-state index < -0.39 is 23.5 Å². The number of aliphatic hydroxyl groups excluding tert-OH is 1. The second-order valence-corrected chi connectivity index (χ2v) is 9.93. The van der Waals surface area contributed by atoms with E-state index in [-0.39, 0.29) is 26.9 Å². The van der Waals surface area contributed by atoms with Gasteiger partial charge in [-0.05, 0) is 60.0 Å². The zero-order chi connectivity index (χ0) is 27.6. The topological polar surface area (TPSA) is 85.3 Å². The van der Waals surface area contributed by atoms with E-state index in [2.05, 4.69) is 0 Å². The third-order valence-corrected chi connectivity index (χ3v) is 6.61. The largest absolute Gasteiger partial charge is 0.507 e. The number of aliphatic hydroxyl groups is 1. The molecule has 1 aliphatic rings. The number of methoxy groups -OCH3 is 2. The summed E-state index contributed by atoms with van der Waals surface area (Å²) < 4.78 is 16.2. The second-order valence-electron chi connectivity index (χ2n) is 9.11. The summed E-state index contributed by atoms with van der Waals surface area (Å²) in [6.45, 7) is 4.64. The lowest BCUT2D eigenvalue weighted by Crippen LogP contribution is -2.29. The number of carbonyl (C=O) groups excluding carboxylic acids is 2. The van der Waals surface area contributed by atoms with Gasteiger partial charge in [0.2, 0.25) is 0 Å². The van der Waals surface area contributed by atoms with E-state index in [1.54, 1.807) is 55.6 Å². The van der Waals surface area contributed by atoms with Gasteiger partial charge in [0.15, 0.2) is 5.75 Å². The van der Waals surface area contributed by atoms with E-state index in [0.29, 0.717) is 35.3 Å². The van der Waals surface area contributed by atoms with E-state index in [9.17, 15) is 14.7 Å². The maximum atomic E-state index is 13.4. The number of Topliss-reactive ketones (excluding diaryl/α,β-unsaturated/α-hetero) is 1. The fourth-order valence-corrected chi connectivity index (χ4v) is 4.85. The summed E-state index contributed by atoms with van der Waals surface area (Å²) in [5.41, 5.74) is 1.14. The Labute approximate surface area is 231 Å². The lowest BCUT2D eigenvalue weighted by atomic mass is 9.95. The van der Waals surface area contributed by atoms with Crippen molar-refractivity contribution in [3.63, 3.8) is 0 Å². The first-order valence-corrected chi connectivity index (χ1v) is 12.6. The molecule has 3 aromatic rings. The maximum Gasteiger partial charge on any atom is 0.300 e. The number of ketones is 1. The molecular formula is C29H27Cl2NO6. The summed E-state index contributed by atoms with van der Waals surface area (Å²) in [4.78, 5) is 28.2. The zero-order valence-electron chi connectivity index (χ0n) is 21.3. The maximum absolute atomic E-state index is 13.4. The van der Waals surface area contributed by atoms with Crippen LogP contribution in [0.4, 0.5) is 5.69 Å². The lowest BCUT2D eigenvalue weighted by Gasteiger charge is -2.26. The summed E-state index contributed by atoms with van der Waals surface area (Å²) in [6.07, 6.45) is 0. The minimum atomic E-state index is -0.928. The highest BCUT2D eigenvalue weighted by molar-refractivity contribution is 6.51. The minimum absolute atomic E-state index is 0.0994. The third-order valence-electron chi connectivity index (χ3n) is 6.05. The molecule has 7 nitrogen and oxygen atoms in total. The summed E-state index contributed by atoms with van der Waals surface area (Å²) in [6, 6.07) is 15.8. The Morgan fingerprint density at radius 2 is 1.50 bits per heavy atom. The molecule has 1 amide bonds. The molecule has 38 heavy (non-hydrogen) atoms. The van der Waals surface area contributed by atoms with Crippen LogP contribution in [-0.2, 0) is 9.59 Å². The number of carbonyl (C=O) groups is 2. The zero-order valence-corrected chi connectivity index (χ0v) is 22.8. The molecule has 4 rings (SSSR count). The molecule has 198 valence electrons. The quantitative estimate of drug-likeness (QED) is 0.190. The summed E-state index contributed by atoms with van der Waals surface area (Å²) >= 11 is 12.6. The van der Waals surface area contributed by atoms with Crippen LogP contribution in [0.1, 0.15) is 31.0 Å². The highest BCUT2D eigenvalue weighted by Gasteiger charge is 2.47. The Morgan fingerprint density at radius 1 is 0.921 bits per heavy atom. The van der Waals surface area contributed by atoms with Crippen molar-refractivity contribution in [2.24, 2.45) is 5.92 Å². The fraction of sp³-hybridized carbons (Fsp3) is 0.241. The SMILES string of the molecule is COc1ccc(C2/C(=C(\O)c3cc(Cl)c(OC)c(Cl)c3)C(=O)C(=O)N2c2ccc(OCC(C)C)cc2)cc1. The predicted octanol–water partition coefficient (Wildman–Crippen LogP) is 6.67. The average Bonchev–Trinajstić information content (AvgIpc) is 3.17. The van der Waals surface area contributed by atoms with E-state index in [0.717, 1.165) is 0 Å². The number of benzene rings is 3. The number of nitrogens with zero attached hydrogens (tertiary/aromatic N) is 1. The van der Waals surface area contributed by atoms with E-state index in [1.165, 1.54) is 24.1 Å². The van der Waals surface area contributed by atoms with Crippen molar-refractivity contribution in [2.45, 2.75) is 19.9 Å². The van der Waals surface area contributed by atoms with Crippen LogP contribution in [0.15, 0.2) is 66.2 Å². The van der Waals surface area contributed by atoms with Crippen molar-refractivity contribution in [1.82, 2.24) is 0 Å². The number of ether oxygens (including phenoxy) is 3. The number of hydrogen-bond donors (Lipinski definition) is 1. The number of amides is 1. The monoisotopic (exact) mass is 555 g/mol. The van der Waals surface area contributed by atoms with E-state index >= 15 is 0 Å². The molecule has 1 N–H and O–H groups in total. The van der Waals surface area contributed by atoms with Gasteiger partial charge in [0.1, 0.15) is 17.3 Å². The van der Waals surface area contributed by atoms with Crippen LogP contribution < -0.4 is 19.1 Å². The molecule has 1 fully saturated rings. The van der Waals surface area contributed by atoms with Gasteiger partial charge in [-0.15, -0.1) is 0 Å². The van der Waals surface area contributed by atoms with Gasteiger partial charge in [-0.2, -0.15) is 0 Å². The molecule has 0 saturated carbocycles. The van der Waals surface area contributed by atoms with Crippen LogP contribution in [0.2, 0.25) is 10.0 Å². The number of anilines is 1. The second kappa shape index (κ2) is 11.4. The number of hydrogen-bond acceptors (Lipinski definition) is 6. The van der Waals surface area contributed by atoms with Gasteiger partial charge < -0.3 is 19.3 Å². The predicted molar refractivity (Wildman–Crippen MR) is 148 cm³/mol. The Morgan fingerprint density at radius 3 is 2.03 bits per heavy atom. The van der Waals surface area contributed by atoms with Gasteiger partial charge in [0, 0.05) is 11.3 Å². The Hall–Kier alpha value is -3.68. The molecular weight excluding hydrogens is 529 g/mol. The molecule has 1 heterocycles.